The number of rotatable bonds is 6. The molecular formula is C19H18N4O2S3. The lowest BCUT2D eigenvalue weighted by molar-refractivity contribution is 0.425. The number of nitrogens with zero attached hydrogens (tertiary/aromatic N) is 4. The van der Waals surface area contributed by atoms with Crippen LogP contribution in [0, 0.1) is 0 Å². The van der Waals surface area contributed by atoms with E-state index in [-0.39, 0.29) is 5.56 Å². The zero-order valence-electron chi connectivity index (χ0n) is 15.3. The van der Waals surface area contributed by atoms with Crippen LogP contribution in [0.5, 0.6) is 0 Å². The summed E-state index contributed by atoms with van der Waals surface area (Å²) in [6, 6.07) is 1.96. The Hall–Kier alpha value is -1.97. The molecule has 0 radical (unpaired) electrons. The van der Waals surface area contributed by atoms with E-state index in [9.17, 15) is 4.79 Å². The van der Waals surface area contributed by atoms with Crippen molar-refractivity contribution in [2.75, 3.05) is 0 Å². The highest BCUT2D eigenvalue weighted by atomic mass is 32.2. The lowest BCUT2D eigenvalue weighted by atomic mass is 10.2. The highest BCUT2D eigenvalue weighted by Crippen LogP contribution is 2.36. The highest BCUT2D eigenvalue weighted by Gasteiger charge is 2.23. The summed E-state index contributed by atoms with van der Waals surface area (Å²) in [4.78, 5) is 24.7. The minimum atomic E-state index is 0.0980. The Morgan fingerprint density at radius 2 is 2.25 bits per heavy atom. The first kappa shape index (κ1) is 18.1. The zero-order chi connectivity index (χ0) is 19.1. The van der Waals surface area contributed by atoms with Crippen LogP contribution in [0.15, 0.2) is 31.3 Å². The average Bonchev–Trinajstić information content (AvgIpc) is 3.46. The summed E-state index contributed by atoms with van der Waals surface area (Å²) in [5, 5.41) is 9.61. The number of aromatic nitrogens is 4. The zero-order valence-corrected chi connectivity index (χ0v) is 17.8. The van der Waals surface area contributed by atoms with Crippen molar-refractivity contribution in [1.29, 1.82) is 0 Å². The first-order valence-electron chi connectivity index (χ1n) is 9.27. The maximum absolute atomic E-state index is 13.2. The third kappa shape index (κ3) is 3.11. The molecular weight excluding hydrogens is 412 g/mol. The summed E-state index contributed by atoms with van der Waals surface area (Å²) in [6.45, 7) is 2.75. The molecule has 0 unspecified atom stereocenters. The van der Waals surface area contributed by atoms with Gasteiger partial charge in [-0.25, -0.2) is 4.98 Å². The second-order valence-corrected chi connectivity index (χ2v) is 9.51. The largest absolute Gasteiger partial charge is 0.334 e. The van der Waals surface area contributed by atoms with Crippen molar-refractivity contribution in [1.82, 2.24) is 19.7 Å². The monoisotopic (exact) mass is 430 g/mol. The minimum absolute atomic E-state index is 0.0980. The third-order valence-electron chi connectivity index (χ3n) is 4.80. The standard InChI is InChI=1S/C19H18N4O2S3/c1-2-7-23-18(24)15-12-4-3-5-13(12)28-17(15)21-19(23)27-10-14-20-16(25-22-14)11-6-8-26-9-11/h6,8-9H,2-5,7,10H2,1H3. The van der Waals surface area contributed by atoms with E-state index in [4.69, 9.17) is 9.51 Å². The molecule has 0 bridgehead atoms. The smallest absolute Gasteiger partial charge is 0.263 e. The predicted octanol–water partition coefficient (Wildman–Crippen LogP) is 4.76. The third-order valence-corrected chi connectivity index (χ3v) is 7.64. The van der Waals surface area contributed by atoms with Gasteiger partial charge in [0.25, 0.3) is 11.4 Å². The first-order valence-corrected chi connectivity index (χ1v) is 12.0. The molecule has 0 atom stereocenters. The average molecular weight is 431 g/mol. The molecule has 9 heteroatoms. The van der Waals surface area contributed by atoms with Crippen molar-refractivity contribution in [3.8, 4) is 11.5 Å². The topological polar surface area (TPSA) is 73.8 Å². The van der Waals surface area contributed by atoms with Crippen molar-refractivity contribution >= 4 is 44.7 Å². The van der Waals surface area contributed by atoms with E-state index in [1.807, 2.05) is 21.4 Å². The van der Waals surface area contributed by atoms with Crippen LogP contribution in [-0.2, 0) is 25.1 Å². The summed E-state index contributed by atoms with van der Waals surface area (Å²) in [5.74, 6) is 1.65. The van der Waals surface area contributed by atoms with Crippen LogP contribution in [0.25, 0.3) is 21.7 Å². The number of thioether (sulfide) groups is 1. The summed E-state index contributed by atoms with van der Waals surface area (Å²) < 4.78 is 7.17. The molecule has 4 aromatic heterocycles. The molecule has 0 aliphatic heterocycles. The Morgan fingerprint density at radius 1 is 1.32 bits per heavy atom. The molecule has 0 saturated carbocycles. The molecule has 4 aromatic rings. The summed E-state index contributed by atoms with van der Waals surface area (Å²) in [7, 11) is 0. The van der Waals surface area contributed by atoms with E-state index in [1.54, 1.807) is 22.7 Å². The van der Waals surface area contributed by atoms with Crippen LogP contribution in [0.4, 0.5) is 0 Å². The number of hydrogen-bond donors (Lipinski definition) is 0. The molecule has 4 heterocycles. The van der Waals surface area contributed by atoms with Gasteiger partial charge in [-0.1, -0.05) is 23.8 Å². The van der Waals surface area contributed by atoms with Gasteiger partial charge in [0.15, 0.2) is 11.0 Å². The van der Waals surface area contributed by atoms with Crippen LogP contribution < -0.4 is 5.56 Å². The van der Waals surface area contributed by atoms with Gasteiger partial charge in [-0.15, -0.1) is 11.3 Å². The second kappa shape index (κ2) is 7.46. The number of hydrogen-bond acceptors (Lipinski definition) is 8. The second-order valence-electron chi connectivity index (χ2n) is 6.71. The Kier molecular flexibility index (Phi) is 4.82. The number of fused-ring (bicyclic) bond motifs is 3. The fourth-order valence-corrected chi connectivity index (χ4v) is 6.33. The van der Waals surface area contributed by atoms with Gasteiger partial charge in [-0.3, -0.25) is 9.36 Å². The molecule has 1 aliphatic carbocycles. The van der Waals surface area contributed by atoms with Gasteiger partial charge in [0.05, 0.1) is 16.7 Å². The van der Waals surface area contributed by atoms with E-state index < -0.39 is 0 Å². The molecule has 0 N–H and O–H groups in total. The van der Waals surface area contributed by atoms with Crippen LogP contribution in [0.1, 0.15) is 36.0 Å². The highest BCUT2D eigenvalue weighted by molar-refractivity contribution is 7.98. The van der Waals surface area contributed by atoms with Gasteiger partial charge in [0.1, 0.15) is 4.83 Å². The minimum Gasteiger partial charge on any atom is -0.334 e. The van der Waals surface area contributed by atoms with Crippen molar-refractivity contribution < 1.29 is 4.52 Å². The summed E-state index contributed by atoms with van der Waals surface area (Å²) in [6.07, 6.45) is 4.10. The molecule has 5 rings (SSSR count). The normalized spacial score (nSPS) is 13.5. The van der Waals surface area contributed by atoms with Crippen molar-refractivity contribution in [3.05, 3.63) is 43.4 Å². The molecule has 6 nitrogen and oxygen atoms in total. The maximum Gasteiger partial charge on any atom is 0.263 e. The van der Waals surface area contributed by atoms with E-state index >= 15 is 0 Å². The lowest BCUT2D eigenvalue weighted by Gasteiger charge is -2.10. The van der Waals surface area contributed by atoms with Gasteiger partial charge in [0.2, 0.25) is 0 Å². The predicted molar refractivity (Wildman–Crippen MR) is 113 cm³/mol. The van der Waals surface area contributed by atoms with E-state index in [2.05, 4.69) is 17.1 Å². The maximum atomic E-state index is 13.2. The van der Waals surface area contributed by atoms with E-state index in [0.717, 1.165) is 46.6 Å². The fraction of sp³-hybridized carbons (Fsp3) is 0.368. The Labute approximate surface area is 173 Å². The Bertz CT molecular complexity index is 1190. The lowest BCUT2D eigenvalue weighted by Crippen LogP contribution is -2.23. The molecule has 1 aliphatic rings. The Balaban J connectivity index is 1.47. The van der Waals surface area contributed by atoms with Gasteiger partial charge in [-0.05, 0) is 42.7 Å². The van der Waals surface area contributed by atoms with Gasteiger partial charge < -0.3 is 4.52 Å². The van der Waals surface area contributed by atoms with E-state index in [1.165, 1.54) is 22.2 Å². The number of thiophene rings is 2. The molecule has 144 valence electrons. The van der Waals surface area contributed by atoms with Gasteiger partial charge in [0, 0.05) is 16.8 Å². The summed E-state index contributed by atoms with van der Waals surface area (Å²) in [5.41, 5.74) is 2.27. The quantitative estimate of drug-likeness (QED) is 0.324. The van der Waals surface area contributed by atoms with Gasteiger partial charge >= 0.3 is 0 Å². The van der Waals surface area contributed by atoms with Crippen LogP contribution in [0.2, 0.25) is 0 Å². The number of aryl methyl sites for hydroxylation is 2. The fourth-order valence-electron chi connectivity index (χ4n) is 3.53. The molecule has 0 amide bonds. The van der Waals surface area contributed by atoms with Crippen LogP contribution in [-0.4, -0.2) is 19.7 Å². The van der Waals surface area contributed by atoms with Crippen molar-refractivity contribution in [3.63, 3.8) is 0 Å². The summed E-state index contributed by atoms with van der Waals surface area (Å²) >= 11 is 4.77. The molecule has 0 aromatic carbocycles. The molecule has 0 fully saturated rings. The van der Waals surface area contributed by atoms with Gasteiger partial charge in [-0.2, -0.15) is 16.3 Å². The first-order chi connectivity index (χ1) is 13.7. The molecule has 0 spiro atoms. The van der Waals surface area contributed by atoms with Crippen molar-refractivity contribution in [2.24, 2.45) is 0 Å². The SMILES string of the molecule is CCCn1c(SCc2noc(-c3ccsc3)n2)nc2sc3c(c2c1=O)CCC3. The van der Waals surface area contributed by atoms with Crippen LogP contribution in [0.3, 0.4) is 0 Å². The Morgan fingerprint density at radius 3 is 3.07 bits per heavy atom. The van der Waals surface area contributed by atoms with Crippen LogP contribution >= 0.6 is 34.4 Å². The molecule has 0 saturated heterocycles. The molecule has 28 heavy (non-hydrogen) atoms. The van der Waals surface area contributed by atoms with Crippen molar-refractivity contribution in [2.45, 2.75) is 50.1 Å². The van der Waals surface area contributed by atoms with E-state index in [0.29, 0.717) is 24.0 Å².